The first kappa shape index (κ1) is 20.9. The number of hydrogen-bond donors (Lipinski definition) is 0. The molecule has 0 aliphatic carbocycles. The number of hydrazone groups is 1. The fourth-order valence-electron chi connectivity index (χ4n) is 5.05. The van der Waals surface area contributed by atoms with Crippen molar-refractivity contribution in [3.8, 4) is 11.5 Å². The van der Waals surface area contributed by atoms with E-state index >= 15 is 0 Å². The van der Waals surface area contributed by atoms with Gasteiger partial charge in [-0.15, -0.1) is 0 Å². The Morgan fingerprint density at radius 2 is 1.97 bits per heavy atom. The van der Waals surface area contributed by atoms with Crippen LogP contribution in [0.15, 0.2) is 41.5 Å². The molecule has 0 aromatic heterocycles. The molecule has 7 heteroatoms. The summed E-state index contributed by atoms with van der Waals surface area (Å²) in [6, 6.07) is 12.0. The van der Waals surface area contributed by atoms with Crippen LogP contribution in [-0.2, 0) is 0 Å². The zero-order chi connectivity index (χ0) is 21.6. The van der Waals surface area contributed by atoms with Gasteiger partial charge in [0.1, 0.15) is 0 Å². The Kier molecular flexibility index (Phi) is 5.53. The summed E-state index contributed by atoms with van der Waals surface area (Å²) in [6.07, 6.45) is 3.76. The van der Waals surface area contributed by atoms with Crippen LogP contribution in [0, 0.1) is 0 Å². The van der Waals surface area contributed by atoms with Crippen molar-refractivity contribution in [3.05, 3.63) is 57.6 Å². The Balaban J connectivity index is 1.55. The van der Waals surface area contributed by atoms with Crippen LogP contribution in [-0.4, -0.2) is 48.1 Å². The molecule has 0 bridgehead atoms. The molecule has 0 radical (unpaired) electrons. The van der Waals surface area contributed by atoms with E-state index < -0.39 is 5.72 Å². The van der Waals surface area contributed by atoms with E-state index in [0.717, 1.165) is 73.7 Å². The van der Waals surface area contributed by atoms with Crippen molar-refractivity contribution in [1.29, 1.82) is 0 Å². The fourth-order valence-corrected chi connectivity index (χ4v) is 5.35. The summed E-state index contributed by atoms with van der Waals surface area (Å²) >= 11 is 12.5. The SMILES string of the molecule is CCCN1CCC2(CC1)Oc1c(OC)cccc1C1CC(c3ccc(Cl)c(Cl)c3)=NN12. The van der Waals surface area contributed by atoms with Crippen LogP contribution in [0.2, 0.25) is 10.0 Å². The Labute approximate surface area is 193 Å². The molecule has 164 valence electrons. The first-order chi connectivity index (χ1) is 15.0. The maximum Gasteiger partial charge on any atom is 0.200 e. The average molecular weight is 460 g/mol. The van der Waals surface area contributed by atoms with Crippen LogP contribution < -0.4 is 9.47 Å². The van der Waals surface area contributed by atoms with Gasteiger partial charge in [0.05, 0.1) is 28.9 Å². The summed E-state index contributed by atoms with van der Waals surface area (Å²) in [5, 5.41) is 8.44. The molecule has 1 unspecified atom stereocenters. The molecule has 1 spiro atoms. The Bertz CT molecular complexity index is 1020. The molecule has 5 nitrogen and oxygen atoms in total. The van der Waals surface area contributed by atoms with Gasteiger partial charge in [0, 0.05) is 37.9 Å². The van der Waals surface area contributed by atoms with Gasteiger partial charge < -0.3 is 14.4 Å². The number of halogens is 2. The molecule has 0 amide bonds. The van der Waals surface area contributed by atoms with E-state index in [1.54, 1.807) is 7.11 Å². The summed E-state index contributed by atoms with van der Waals surface area (Å²) in [7, 11) is 1.70. The molecule has 3 aliphatic rings. The van der Waals surface area contributed by atoms with Crippen LogP contribution in [0.25, 0.3) is 0 Å². The molecule has 1 fully saturated rings. The van der Waals surface area contributed by atoms with Crippen molar-refractivity contribution in [1.82, 2.24) is 9.91 Å². The standard InChI is InChI=1S/C24H27Cl2N3O2/c1-3-11-28-12-9-24(10-13-28)29-21(17-5-4-6-22(30-2)23(17)31-24)15-20(27-29)16-7-8-18(25)19(26)14-16/h4-8,14,21H,3,9-13,15H2,1-2H3. The fraction of sp³-hybridized carbons (Fsp3) is 0.458. The van der Waals surface area contributed by atoms with Crippen molar-refractivity contribution >= 4 is 28.9 Å². The molecule has 5 rings (SSSR count). The number of para-hydroxylation sites is 1. The molecule has 2 aromatic rings. The highest BCUT2D eigenvalue weighted by Crippen LogP contribution is 2.52. The van der Waals surface area contributed by atoms with Gasteiger partial charge in [-0.2, -0.15) is 5.10 Å². The van der Waals surface area contributed by atoms with Gasteiger partial charge in [0.25, 0.3) is 0 Å². The highest BCUT2D eigenvalue weighted by atomic mass is 35.5. The maximum atomic E-state index is 6.77. The summed E-state index contributed by atoms with van der Waals surface area (Å²) in [5.41, 5.74) is 2.68. The number of methoxy groups -OCH3 is 1. The molecule has 0 N–H and O–H groups in total. The average Bonchev–Trinajstić information content (AvgIpc) is 3.24. The molecule has 0 saturated carbocycles. The number of hydrogen-bond acceptors (Lipinski definition) is 5. The van der Waals surface area contributed by atoms with Crippen LogP contribution in [0.3, 0.4) is 0 Å². The summed E-state index contributed by atoms with van der Waals surface area (Å²) in [4.78, 5) is 2.51. The van der Waals surface area contributed by atoms with Crippen molar-refractivity contribution in [2.24, 2.45) is 5.10 Å². The Morgan fingerprint density at radius 1 is 1.16 bits per heavy atom. The molecular formula is C24H27Cl2N3O2. The van der Waals surface area contributed by atoms with Crippen LogP contribution in [0.5, 0.6) is 11.5 Å². The highest BCUT2D eigenvalue weighted by molar-refractivity contribution is 6.42. The van der Waals surface area contributed by atoms with Crippen molar-refractivity contribution < 1.29 is 9.47 Å². The second kappa shape index (κ2) is 8.19. The number of ether oxygens (including phenoxy) is 2. The van der Waals surface area contributed by atoms with Gasteiger partial charge >= 0.3 is 0 Å². The zero-order valence-electron chi connectivity index (χ0n) is 17.9. The number of rotatable bonds is 4. The molecule has 3 heterocycles. The van der Waals surface area contributed by atoms with Gasteiger partial charge in [-0.1, -0.05) is 48.3 Å². The normalized spacial score (nSPS) is 22.0. The lowest BCUT2D eigenvalue weighted by Gasteiger charge is -2.51. The lowest BCUT2D eigenvalue weighted by atomic mass is 9.90. The first-order valence-corrected chi connectivity index (χ1v) is 11.7. The number of nitrogens with zero attached hydrogens (tertiary/aromatic N) is 3. The van der Waals surface area contributed by atoms with Crippen molar-refractivity contribution in [3.63, 3.8) is 0 Å². The molecule has 1 atom stereocenters. The van der Waals surface area contributed by atoms with Crippen molar-refractivity contribution in [2.75, 3.05) is 26.7 Å². The third-order valence-electron chi connectivity index (χ3n) is 6.64. The van der Waals surface area contributed by atoms with Gasteiger partial charge in [-0.25, -0.2) is 5.01 Å². The van der Waals surface area contributed by atoms with Crippen LogP contribution in [0.4, 0.5) is 0 Å². The number of fused-ring (bicyclic) bond motifs is 4. The lowest BCUT2D eigenvalue weighted by molar-refractivity contribution is -0.150. The zero-order valence-corrected chi connectivity index (χ0v) is 19.4. The van der Waals surface area contributed by atoms with Gasteiger partial charge in [0.2, 0.25) is 5.72 Å². The van der Waals surface area contributed by atoms with Gasteiger partial charge in [0.15, 0.2) is 11.5 Å². The molecule has 3 aliphatic heterocycles. The minimum atomic E-state index is -0.464. The Hall–Kier alpha value is -1.95. The monoisotopic (exact) mass is 459 g/mol. The smallest absolute Gasteiger partial charge is 0.200 e. The number of likely N-dealkylation sites (tertiary alicyclic amines) is 1. The van der Waals surface area contributed by atoms with Crippen molar-refractivity contribution in [2.45, 2.75) is 44.4 Å². The van der Waals surface area contributed by atoms with E-state index in [1.165, 1.54) is 0 Å². The van der Waals surface area contributed by atoms with Gasteiger partial charge in [-0.3, -0.25) is 0 Å². The second-order valence-electron chi connectivity index (χ2n) is 8.51. The first-order valence-electron chi connectivity index (χ1n) is 10.9. The van der Waals surface area contributed by atoms with Crippen LogP contribution >= 0.6 is 23.2 Å². The predicted octanol–water partition coefficient (Wildman–Crippen LogP) is 5.75. The molecule has 2 aromatic carbocycles. The summed E-state index contributed by atoms with van der Waals surface area (Å²) in [6.45, 7) is 5.35. The van der Waals surface area contributed by atoms with Crippen LogP contribution in [0.1, 0.15) is 49.8 Å². The third-order valence-corrected chi connectivity index (χ3v) is 7.38. The largest absolute Gasteiger partial charge is 0.493 e. The van der Waals surface area contributed by atoms with E-state index in [9.17, 15) is 0 Å². The van der Waals surface area contributed by atoms with Gasteiger partial charge in [-0.05, 0) is 36.7 Å². The number of piperidine rings is 1. The Morgan fingerprint density at radius 3 is 2.68 bits per heavy atom. The molecular weight excluding hydrogens is 433 g/mol. The van der Waals surface area contributed by atoms with E-state index in [0.29, 0.717) is 10.0 Å². The quantitative estimate of drug-likeness (QED) is 0.583. The summed E-state index contributed by atoms with van der Waals surface area (Å²) in [5.74, 6) is 1.65. The minimum Gasteiger partial charge on any atom is -0.493 e. The number of benzene rings is 2. The second-order valence-corrected chi connectivity index (χ2v) is 9.32. The molecule has 1 saturated heterocycles. The van der Waals surface area contributed by atoms with E-state index in [-0.39, 0.29) is 6.04 Å². The predicted molar refractivity (Wildman–Crippen MR) is 125 cm³/mol. The molecule has 31 heavy (non-hydrogen) atoms. The highest BCUT2D eigenvalue weighted by Gasteiger charge is 2.52. The topological polar surface area (TPSA) is 37.3 Å². The summed E-state index contributed by atoms with van der Waals surface area (Å²) < 4.78 is 12.4. The minimum absolute atomic E-state index is 0.112. The van der Waals surface area contributed by atoms with E-state index in [1.807, 2.05) is 30.3 Å². The third kappa shape index (κ3) is 3.57. The maximum absolute atomic E-state index is 6.77. The van der Waals surface area contributed by atoms with E-state index in [4.69, 9.17) is 37.8 Å². The van der Waals surface area contributed by atoms with E-state index in [2.05, 4.69) is 22.9 Å². The lowest BCUT2D eigenvalue weighted by Crippen LogP contribution is -2.59.